The fraction of sp³-hybridized carbons (Fsp3) is 0.455. The molecule has 0 spiro atoms. The van der Waals surface area contributed by atoms with E-state index < -0.39 is 9.84 Å². The Morgan fingerprint density at radius 3 is 2.71 bits per heavy atom. The van der Waals surface area contributed by atoms with Gasteiger partial charge in [0.1, 0.15) is 9.84 Å². The van der Waals surface area contributed by atoms with Gasteiger partial charge in [-0.1, -0.05) is 23.7 Å². The molecular weight excluding hydrogens is 260 g/mol. The number of hydrogen-bond acceptors (Lipinski definition) is 4. The maximum absolute atomic E-state index is 11.0. The molecule has 17 heavy (non-hydrogen) atoms. The van der Waals surface area contributed by atoms with E-state index >= 15 is 0 Å². The summed E-state index contributed by atoms with van der Waals surface area (Å²) in [7, 11) is -2.91. The Morgan fingerprint density at radius 2 is 2.18 bits per heavy atom. The molecule has 0 radical (unpaired) electrons. The second-order valence-electron chi connectivity index (χ2n) is 4.05. The van der Waals surface area contributed by atoms with Crippen LogP contribution in [0.15, 0.2) is 24.3 Å². The highest BCUT2D eigenvalue weighted by molar-refractivity contribution is 7.90. The molecule has 96 valence electrons. The summed E-state index contributed by atoms with van der Waals surface area (Å²) in [4.78, 5) is 0. The van der Waals surface area contributed by atoms with Crippen LogP contribution in [0.5, 0.6) is 0 Å². The van der Waals surface area contributed by atoms with Gasteiger partial charge in [0, 0.05) is 23.1 Å². The van der Waals surface area contributed by atoms with Gasteiger partial charge in [-0.25, -0.2) is 8.42 Å². The van der Waals surface area contributed by atoms with Crippen molar-refractivity contribution in [3.63, 3.8) is 0 Å². The Labute approximate surface area is 107 Å². The van der Waals surface area contributed by atoms with Crippen molar-refractivity contribution in [3.8, 4) is 0 Å². The van der Waals surface area contributed by atoms with E-state index in [0.29, 0.717) is 17.9 Å². The van der Waals surface area contributed by atoms with Crippen molar-refractivity contribution < 1.29 is 8.42 Å². The Bertz CT molecular complexity index is 462. The van der Waals surface area contributed by atoms with Gasteiger partial charge in [0.15, 0.2) is 0 Å². The van der Waals surface area contributed by atoms with Crippen LogP contribution in [0.2, 0.25) is 5.02 Å². The minimum absolute atomic E-state index is 0.0737. The molecule has 3 N–H and O–H groups in total. The summed E-state index contributed by atoms with van der Waals surface area (Å²) < 4.78 is 22.0. The fourth-order valence-electron chi connectivity index (χ4n) is 1.62. The van der Waals surface area contributed by atoms with Crippen LogP contribution in [-0.2, 0) is 9.84 Å². The first kappa shape index (κ1) is 14.4. The summed E-state index contributed by atoms with van der Waals surface area (Å²) in [5.74, 6) is 5.63. The highest BCUT2D eigenvalue weighted by Gasteiger charge is 2.11. The van der Waals surface area contributed by atoms with Crippen molar-refractivity contribution in [1.29, 1.82) is 0 Å². The van der Waals surface area contributed by atoms with Crippen LogP contribution < -0.4 is 11.3 Å². The maximum Gasteiger partial charge on any atom is 0.147 e. The molecule has 1 atom stereocenters. The minimum atomic E-state index is -2.91. The van der Waals surface area contributed by atoms with Gasteiger partial charge in [0.05, 0.1) is 0 Å². The molecule has 0 aromatic heterocycles. The predicted molar refractivity (Wildman–Crippen MR) is 70.5 cm³/mol. The average Bonchev–Trinajstić information content (AvgIpc) is 2.23. The number of benzene rings is 1. The van der Waals surface area contributed by atoms with E-state index in [4.69, 9.17) is 17.4 Å². The lowest BCUT2D eigenvalue weighted by molar-refractivity contribution is 0.507. The van der Waals surface area contributed by atoms with Gasteiger partial charge >= 0.3 is 0 Å². The van der Waals surface area contributed by atoms with Crippen LogP contribution in [0, 0.1) is 0 Å². The number of nitrogens with one attached hydrogen (secondary N) is 1. The minimum Gasteiger partial charge on any atom is -0.271 e. The van der Waals surface area contributed by atoms with E-state index in [0.717, 1.165) is 5.56 Å². The molecule has 0 aliphatic rings. The molecule has 4 nitrogen and oxygen atoms in total. The van der Waals surface area contributed by atoms with Crippen LogP contribution in [-0.4, -0.2) is 20.4 Å². The second kappa shape index (κ2) is 6.35. The molecule has 1 aromatic rings. The first-order valence-electron chi connectivity index (χ1n) is 5.31. The van der Waals surface area contributed by atoms with Crippen LogP contribution in [0.1, 0.15) is 24.4 Å². The van der Waals surface area contributed by atoms with Crippen LogP contribution >= 0.6 is 11.6 Å². The van der Waals surface area contributed by atoms with Gasteiger partial charge in [-0.2, -0.15) is 0 Å². The molecular formula is C11H17ClN2O2S. The zero-order valence-electron chi connectivity index (χ0n) is 9.69. The quantitative estimate of drug-likeness (QED) is 0.612. The molecule has 1 aromatic carbocycles. The molecule has 1 unspecified atom stereocenters. The van der Waals surface area contributed by atoms with Gasteiger partial charge in [0.25, 0.3) is 0 Å². The summed E-state index contributed by atoms with van der Waals surface area (Å²) in [6.07, 6.45) is 2.46. The lowest BCUT2D eigenvalue weighted by atomic mass is 10.0. The fourth-order valence-corrected chi connectivity index (χ4v) is 2.51. The third-order valence-corrected chi connectivity index (χ3v) is 3.73. The zero-order valence-corrected chi connectivity index (χ0v) is 11.3. The summed E-state index contributed by atoms with van der Waals surface area (Å²) in [5, 5.41) is 0.644. The molecule has 0 heterocycles. The van der Waals surface area contributed by atoms with Crippen LogP contribution in [0.25, 0.3) is 0 Å². The van der Waals surface area contributed by atoms with Crippen LogP contribution in [0.4, 0.5) is 0 Å². The second-order valence-corrected chi connectivity index (χ2v) is 6.74. The number of sulfone groups is 1. The topological polar surface area (TPSA) is 72.2 Å². The molecule has 0 bridgehead atoms. The largest absolute Gasteiger partial charge is 0.271 e. The third kappa shape index (κ3) is 5.50. The van der Waals surface area contributed by atoms with Crippen molar-refractivity contribution in [2.75, 3.05) is 12.0 Å². The number of rotatable bonds is 6. The first-order chi connectivity index (χ1) is 7.92. The van der Waals surface area contributed by atoms with Gasteiger partial charge in [0.2, 0.25) is 0 Å². The van der Waals surface area contributed by atoms with Crippen molar-refractivity contribution in [2.45, 2.75) is 18.9 Å². The highest BCUT2D eigenvalue weighted by Crippen LogP contribution is 2.21. The normalized spacial score (nSPS) is 13.6. The molecule has 0 saturated carbocycles. The lowest BCUT2D eigenvalue weighted by Crippen LogP contribution is -2.28. The third-order valence-electron chi connectivity index (χ3n) is 2.46. The average molecular weight is 277 g/mol. The Hall–Kier alpha value is -0.620. The molecule has 0 amide bonds. The monoisotopic (exact) mass is 276 g/mol. The van der Waals surface area contributed by atoms with Gasteiger partial charge in [-0.05, 0) is 30.5 Å². The first-order valence-corrected chi connectivity index (χ1v) is 7.75. The van der Waals surface area contributed by atoms with E-state index in [1.165, 1.54) is 6.26 Å². The number of hydrogen-bond donors (Lipinski definition) is 2. The van der Waals surface area contributed by atoms with Gasteiger partial charge < -0.3 is 0 Å². The molecule has 0 aliphatic carbocycles. The van der Waals surface area contributed by atoms with Crippen molar-refractivity contribution in [1.82, 2.24) is 5.43 Å². The Balaban J connectivity index is 2.60. The smallest absolute Gasteiger partial charge is 0.147 e. The molecule has 0 fully saturated rings. The standard InChI is InChI=1S/C11H17ClN2O2S/c1-17(15,16)7-3-6-11(14-13)9-4-2-5-10(12)8-9/h2,4-5,8,11,14H,3,6-7,13H2,1H3. The summed E-state index contributed by atoms with van der Waals surface area (Å²) >= 11 is 5.89. The molecule has 6 heteroatoms. The predicted octanol–water partition coefficient (Wildman–Crippen LogP) is 1.67. The SMILES string of the molecule is CS(=O)(=O)CCCC(NN)c1cccc(Cl)c1. The summed E-state index contributed by atoms with van der Waals surface area (Å²) in [6, 6.07) is 7.30. The summed E-state index contributed by atoms with van der Waals surface area (Å²) in [5.41, 5.74) is 3.64. The summed E-state index contributed by atoms with van der Waals surface area (Å²) in [6.45, 7) is 0. The van der Waals surface area contributed by atoms with Crippen molar-refractivity contribution >= 4 is 21.4 Å². The van der Waals surface area contributed by atoms with E-state index in [9.17, 15) is 8.42 Å². The van der Waals surface area contributed by atoms with E-state index in [2.05, 4.69) is 5.43 Å². The lowest BCUT2D eigenvalue weighted by Gasteiger charge is -2.16. The number of nitrogens with two attached hydrogens (primary N) is 1. The number of halogens is 1. The molecule has 0 saturated heterocycles. The highest BCUT2D eigenvalue weighted by atomic mass is 35.5. The number of hydrazine groups is 1. The molecule has 0 aliphatic heterocycles. The van der Waals surface area contributed by atoms with E-state index in [1.807, 2.05) is 18.2 Å². The Kier molecular flexibility index (Phi) is 5.39. The van der Waals surface area contributed by atoms with Gasteiger partial charge in [-0.3, -0.25) is 11.3 Å². The zero-order chi connectivity index (χ0) is 12.9. The van der Waals surface area contributed by atoms with Gasteiger partial charge in [-0.15, -0.1) is 0 Å². The maximum atomic E-state index is 11.0. The van der Waals surface area contributed by atoms with Crippen LogP contribution in [0.3, 0.4) is 0 Å². The van der Waals surface area contributed by atoms with Crippen molar-refractivity contribution in [3.05, 3.63) is 34.9 Å². The Morgan fingerprint density at radius 1 is 1.47 bits per heavy atom. The van der Waals surface area contributed by atoms with E-state index in [1.54, 1.807) is 6.07 Å². The van der Waals surface area contributed by atoms with Crippen molar-refractivity contribution in [2.24, 2.45) is 5.84 Å². The molecule has 1 rings (SSSR count). The van der Waals surface area contributed by atoms with E-state index in [-0.39, 0.29) is 11.8 Å².